The molecular weight excluding hydrogens is 319 g/mol. The van der Waals surface area contributed by atoms with Gasteiger partial charge in [-0.1, -0.05) is 31.4 Å². The standard InChI is InChI=1S/C20H25FN2O2/c21-17-11-10-16(22-19(24)12-14-6-4-5-7-14)13-18(17)23-20(25)15-8-2-1-3-9-15/h4,6,10-11,13-15H,1-3,5,7-9,12H2,(H,22,24)(H,23,25)/t14-/m1/s1. The monoisotopic (exact) mass is 344 g/mol. The summed E-state index contributed by atoms with van der Waals surface area (Å²) in [6.45, 7) is 0. The quantitative estimate of drug-likeness (QED) is 0.765. The van der Waals surface area contributed by atoms with Gasteiger partial charge in [0.2, 0.25) is 11.8 Å². The van der Waals surface area contributed by atoms with Crippen LogP contribution in [0.4, 0.5) is 15.8 Å². The second-order valence-electron chi connectivity index (χ2n) is 7.04. The maximum Gasteiger partial charge on any atom is 0.227 e. The first-order valence-electron chi connectivity index (χ1n) is 9.19. The third-order valence-corrected chi connectivity index (χ3v) is 5.04. The molecule has 0 spiro atoms. The summed E-state index contributed by atoms with van der Waals surface area (Å²) in [6, 6.07) is 4.30. The molecule has 3 rings (SSSR count). The summed E-state index contributed by atoms with van der Waals surface area (Å²) in [5.41, 5.74) is 0.640. The summed E-state index contributed by atoms with van der Waals surface area (Å²) < 4.78 is 14.0. The van der Waals surface area contributed by atoms with Gasteiger partial charge < -0.3 is 10.6 Å². The van der Waals surface area contributed by atoms with Crippen molar-refractivity contribution in [3.05, 3.63) is 36.2 Å². The van der Waals surface area contributed by atoms with E-state index in [1.165, 1.54) is 18.2 Å². The van der Waals surface area contributed by atoms with Crippen LogP contribution in [0, 0.1) is 17.7 Å². The summed E-state index contributed by atoms with van der Waals surface area (Å²) >= 11 is 0. The van der Waals surface area contributed by atoms with Crippen LogP contribution in [-0.2, 0) is 9.59 Å². The Hall–Kier alpha value is -2.17. The number of anilines is 2. The van der Waals surface area contributed by atoms with Crippen molar-refractivity contribution >= 4 is 23.2 Å². The Balaban J connectivity index is 1.60. The van der Waals surface area contributed by atoms with Crippen molar-refractivity contribution < 1.29 is 14.0 Å². The van der Waals surface area contributed by atoms with Crippen LogP contribution in [0.1, 0.15) is 51.4 Å². The molecule has 1 fully saturated rings. The van der Waals surface area contributed by atoms with Crippen LogP contribution in [-0.4, -0.2) is 11.8 Å². The van der Waals surface area contributed by atoms with Gasteiger partial charge >= 0.3 is 0 Å². The number of rotatable bonds is 5. The zero-order chi connectivity index (χ0) is 17.6. The van der Waals surface area contributed by atoms with Gasteiger partial charge in [0, 0.05) is 18.0 Å². The van der Waals surface area contributed by atoms with E-state index in [0.29, 0.717) is 12.1 Å². The number of amides is 2. The average molecular weight is 344 g/mol. The maximum atomic E-state index is 14.0. The van der Waals surface area contributed by atoms with E-state index in [4.69, 9.17) is 0 Å². The lowest BCUT2D eigenvalue weighted by Gasteiger charge is -2.21. The van der Waals surface area contributed by atoms with Crippen LogP contribution in [0.3, 0.4) is 0 Å². The van der Waals surface area contributed by atoms with Gasteiger partial charge in [-0.05, 0) is 49.8 Å². The molecule has 1 aromatic rings. The molecule has 25 heavy (non-hydrogen) atoms. The molecule has 2 N–H and O–H groups in total. The molecule has 0 radical (unpaired) electrons. The van der Waals surface area contributed by atoms with Gasteiger partial charge in [0.05, 0.1) is 5.69 Å². The van der Waals surface area contributed by atoms with Crippen molar-refractivity contribution in [1.29, 1.82) is 0 Å². The molecule has 4 nitrogen and oxygen atoms in total. The van der Waals surface area contributed by atoms with Gasteiger partial charge in [-0.25, -0.2) is 4.39 Å². The molecule has 2 amide bonds. The fraction of sp³-hybridized carbons (Fsp3) is 0.500. The Morgan fingerprint density at radius 1 is 1.08 bits per heavy atom. The van der Waals surface area contributed by atoms with Gasteiger partial charge in [0.15, 0.2) is 0 Å². The van der Waals surface area contributed by atoms with E-state index in [-0.39, 0.29) is 29.3 Å². The van der Waals surface area contributed by atoms with Gasteiger partial charge in [0.25, 0.3) is 0 Å². The fourth-order valence-electron chi connectivity index (χ4n) is 3.61. The predicted octanol–water partition coefficient (Wildman–Crippen LogP) is 4.64. The largest absolute Gasteiger partial charge is 0.326 e. The lowest BCUT2D eigenvalue weighted by atomic mass is 9.88. The van der Waals surface area contributed by atoms with Gasteiger partial charge in [-0.3, -0.25) is 9.59 Å². The Labute approximate surface area is 147 Å². The van der Waals surface area contributed by atoms with Gasteiger partial charge in [0.1, 0.15) is 5.82 Å². The Bertz CT molecular complexity index is 666. The van der Waals surface area contributed by atoms with Crippen LogP contribution >= 0.6 is 0 Å². The first kappa shape index (κ1) is 17.6. The summed E-state index contributed by atoms with van der Waals surface area (Å²) in [4.78, 5) is 24.4. The molecule has 0 heterocycles. The first-order chi connectivity index (χ1) is 12.1. The van der Waals surface area contributed by atoms with Crippen molar-refractivity contribution in [2.75, 3.05) is 10.6 Å². The minimum absolute atomic E-state index is 0.0412. The van der Waals surface area contributed by atoms with E-state index in [1.54, 1.807) is 0 Å². The summed E-state index contributed by atoms with van der Waals surface area (Å²) in [7, 11) is 0. The van der Waals surface area contributed by atoms with Crippen LogP contribution in [0.2, 0.25) is 0 Å². The third-order valence-electron chi connectivity index (χ3n) is 5.04. The number of nitrogens with one attached hydrogen (secondary N) is 2. The van der Waals surface area contributed by atoms with Crippen LogP contribution in [0.15, 0.2) is 30.4 Å². The number of hydrogen-bond donors (Lipinski definition) is 2. The Morgan fingerprint density at radius 3 is 2.60 bits per heavy atom. The Kier molecular flexibility index (Phi) is 5.84. The van der Waals surface area contributed by atoms with E-state index < -0.39 is 5.82 Å². The number of benzene rings is 1. The van der Waals surface area contributed by atoms with Crippen LogP contribution in [0.5, 0.6) is 0 Å². The molecule has 0 unspecified atom stereocenters. The summed E-state index contributed by atoms with van der Waals surface area (Å²) in [5, 5.41) is 5.49. The Morgan fingerprint density at radius 2 is 1.88 bits per heavy atom. The lowest BCUT2D eigenvalue weighted by Crippen LogP contribution is -2.25. The summed E-state index contributed by atoms with van der Waals surface area (Å²) in [5.74, 6) is -0.460. The highest BCUT2D eigenvalue weighted by molar-refractivity contribution is 5.95. The number of carbonyl (C=O) groups is 2. The average Bonchev–Trinajstić information content (AvgIpc) is 3.11. The fourth-order valence-corrected chi connectivity index (χ4v) is 3.61. The SMILES string of the molecule is O=C(C[C@@H]1C=CCC1)Nc1ccc(F)c(NC(=O)C2CCCCC2)c1. The highest BCUT2D eigenvalue weighted by atomic mass is 19.1. The van der Waals surface area contributed by atoms with E-state index in [9.17, 15) is 14.0 Å². The van der Waals surface area contributed by atoms with Gasteiger partial charge in [-0.15, -0.1) is 0 Å². The number of carbonyl (C=O) groups excluding carboxylic acids is 2. The van der Waals surface area contributed by atoms with E-state index in [1.807, 2.05) is 0 Å². The number of halogens is 1. The highest BCUT2D eigenvalue weighted by Crippen LogP contribution is 2.27. The van der Waals surface area contributed by atoms with E-state index in [2.05, 4.69) is 22.8 Å². The number of allylic oxidation sites excluding steroid dienone is 2. The molecule has 134 valence electrons. The molecule has 0 aromatic heterocycles. The van der Waals surface area contributed by atoms with Crippen molar-refractivity contribution in [2.45, 2.75) is 51.4 Å². The van der Waals surface area contributed by atoms with Gasteiger partial charge in [-0.2, -0.15) is 0 Å². The van der Waals surface area contributed by atoms with Crippen molar-refractivity contribution in [3.8, 4) is 0 Å². The molecule has 2 aliphatic carbocycles. The third kappa shape index (κ3) is 4.91. The predicted molar refractivity (Wildman–Crippen MR) is 96.7 cm³/mol. The maximum absolute atomic E-state index is 14.0. The van der Waals surface area contributed by atoms with Crippen LogP contribution in [0.25, 0.3) is 0 Å². The second-order valence-corrected chi connectivity index (χ2v) is 7.04. The molecule has 1 aromatic carbocycles. The molecule has 0 bridgehead atoms. The molecule has 1 atom stereocenters. The minimum atomic E-state index is -0.485. The second kappa shape index (κ2) is 8.28. The van der Waals surface area contributed by atoms with Crippen molar-refractivity contribution in [3.63, 3.8) is 0 Å². The number of hydrogen-bond acceptors (Lipinski definition) is 2. The zero-order valence-electron chi connectivity index (χ0n) is 14.4. The zero-order valence-corrected chi connectivity index (χ0v) is 14.4. The van der Waals surface area contributed by atoms with E-state index >= 15 is 0 Å². The van der Waals surface area contributed by atoms with Crippen molar-refractivity contribution in [1.82, 2.24) is 0 Å². The topological polar surface area (TPSA) is 58.2 Å². The molecule has 1 saturated carbocycles. The molecule has 5 heteroatoms. The summed E-state index contributed by atoms with van der Waals surface area (Å²) in [6.07, 6.45) is 11.6. The van der Waals surface area contributed by atoms with Crippen molar-refractivity contribution in [2.24, 2.45) is 11.8 Å². The minimum Gasteiger partial charge on any atom is -0.326 e. The lowest BCUT2D eigenvalue weighted by molar-refractivity contribution is -0.120. The molecule has 2 aliphatic rings. The molecular formula is C20H25FN2O2. The molecule has 0 saturated heterocycles. The molecule has 0 aliphatic heterocycles. The normalized spacial score (nSPS) is 20.4. The smallest absolute Gasteiger partial charge is 0.227 e. The van der Waals surface area contributed by atoms with Crippen LogP contribution < -0.4 is 10.6 Å². The first-order valence-corrected chi connectivity index (χ1v) is 9.19. The highest BCUT2D eigenvalue weighted by Gasteiger charge is 2.22. The van der Waals surface area contributed by atoms with E-state index in [0.717, 1.165) is 44.9 Å².